The number of amides is 1. The highest BCUT2D eigenvalue weighted by molar-refractivity contribution is 7.09. The first-order valence-electron chi connectivity index (χ1n) is 8.16. The summed E-state index contributed by atoms with van der Waals surface area (Å²) in [6.07, 6.45) is 4.22. The molecule has 0 aliphatic rings. The molecule has 0 spiro atoms. The first-order valence-corrected chi connectivity index (χ1v) is 9.42. The van der Waals surface area contributed by atoms with Gasteiger partial charge in [0.2, 0.25) is 0 Å². The molecule has 0 aliphatic heterocycles. The lowest BCUT2D eigenvalue weighted by Gasteiger charge is -2.12. The van der Waals surface area contributed by atoms with Crippen molar-refractivity contribution in [2.24, 2.45) is 0 Å². The summed E-state index contributed by atoms with van der Waals surface area (Å²) in [7, 11) is 2.98. The van der Waals surface area contributed by atoms with Crippen LogP contribution in [-0.4, -0.2) is 34.9 Å². The van der Waals surface area contributed by atoms with Gasteiger partial charge < -0.3 is 14.8 Å². The molecule has 27 heavy (non-hydrogen) atoms. The summed E-state index contributed by atoms with van der Waals surface area (Å²) in [5.74, 6) is 0.437. The molecule has 2 aromatic heterocycles. The minimum atomic E-state index is -0.348. The molecule has 0 saturated carbocycles. The number of carbonyl (C=O) groups excluding carboxylic acids is 1. The number of aryl methyl sites for hydroxylation is 3. The van der Waals surface area contributed by atoms with Crippen LogP contribution in [0.2, 0.25) is 5.02 Å². The molecule has 0 atom stereocenters. The van der Waals surface area contributed by atoms with E-state index in [0.717, 1.165) is 12.1 Å². The van der Waals surface area contributed by atoms with Crippen LogP contribution in [0.15, 0.2) is 30.0 Å². The number of nitrogens with zero attached hydrogens (tertiary/aromatic N) is 3. The normalized spacial score (nSPS) is 10.7. The molecule has 142 valence electrons. The monoisotopic (exact) mass is 406 g/mol. The van der Waals surface area contributed by atoms with E-state index in [4.69, 9.17) is 21.1 Å². The van der Waals surface area contributed by atoms with Crippen molar-refractivity contribution in [1.29, 1.82) is 0 Å². The van der Waals surface area contributed by atoms with Gasteiger partial charge in [0.1, 0.15) is 0 Å². The third-order valence-electron chi connectivity index (χ3n) is 4.03. The summed E-state index contributed by atoms with van der Waals surface area (Å²) in [5, 5.41) is 7.28. The van der Waals surface area contributed by atoms with Crippen molar-refractivity contribution in [3.8, 4) is 11.5 Å². The van der Waals surface area contributed by atoms with E-state index in [9.17, 15) is 4.79 Å². The summed E-state index contributed by atoms with van der Waals surface area (Å²) in [6, 6.07) is 3.23. The van der Waals surface area contributed by atoms with Crippen molar-refractivity contribution < 1.29 is 14.3 Å². The Morgan fingerprint density at radius 1 is 1.33 bits per heavy atom. The van der Waals surface area contributed by atoms with Gasteiger partial charge in [0.25, 0.3) is 5.91 Å². The van der Waals surface area contributed by atoms with Gasteiger partial charge in [-0.25, -0.2) is 4.98 Å². The maximum atomic E-state index is 12.6. The van der Waals surface area contributed by atoms with Crippen LogP contribution in [0.3, 0.4) is 0 Å². The van der Waals surface area contributed by atoms with Gasteiger partial charge in [-0.15, -0.1) is 11.3 Å². The zero-order valence-electron chi connectivity index (χ0n) is 15.2. The maximum absolute atomic E-state index is 12.6. The Kier molecular flexibility index (Phi) is 5.98. The number of rotatable bonds is 7. The van der Waals surface area contributed by atoms with Crippen molar-refractivity contribution in [3.63, 3.8) is 0 Å². The first kappa shape index (κ1) is 19.2. The minimum absolute atomic E-state index is 0.197. The molecule has 0 aliphatic carbocycles. The minimum Gasteiger partial charge on any atom is -0.493 e. The molecule has 1 N–H and O–H groups in total. The number of hydrogen-bond donors (Lipinski definition) is 1. The number of hydrogen-bond acceptors (Lipinski definition) is 6. The number of halogens is 1. The van der Waals surface area contributed by atoms with E-state index in [-0.39, 0.29) is 10.9 Å². The number of thiazole rings is 1. The summed E-state index contributed by atoms with van der Waals surface area (Å²) < 4.78 is 12.2. The Morgan fingerprint density at radius 2 is 2.15 bits per heavy atom. The molecule has 3 aromatic rings. The molecule has 3 rings (SSSR count). The molecule has 7 nitrogen and oxygen atoms in total. The molecule has 1 amide bonds. The van der Waals surface area contributed by atoms with Crippen LogP contribution in [-0.2, 0) is 13.0 Å². The summed E-state index contributed by atoms with van der Waals surface area (Å²) in [6.45, 7) is 2.70. The number of nitrogens with one attached hydrogen (secondary N) is 1. The molecule has 0 fully saturated rings. The van der Waals surface area contributed by atoms with E-state index in [1.165, 1.54) is 19.1 Å². The van der Waals surface area contributed by atoms with Gasteiger partial charge in [-0.3, -0.25) is 9.48 Å². The predicted molar refractivity (Wildman–Crippen MR) is 105 cm³/mol. The van der Waals surface area contributed by atoms with Gasteiger partial charge in [-0.1, -0.05) is 11.6 Å². The maximum Gasteiger partial charge on any atom is 0.257 e. The third-order valence-corrected chi connectivity index (χ3v) is 5.40. The van der Waals surface area contributed by atoms with Crippen molar-refractivity contribution in [1.82, 2.24) is 14.8 Å². The fourth-order valence-electron chi connectivity index (χ4n) is 2.60. The van der Waals surface area contributed by atoms with Crippen LogP contribution in [0.1, 0.15) is 20.9 Å². The van der Waals surface area contributed by atoms with E-state index in [0.29, 0.717) is 29.3 Å². The highest BCUT2D eigenvalue weighted by Crippen LogP contribution is 2.37. The highest BCUT2D eigenvalue weighted by atomic mass is 35.5. The molecule has 1 aromatic carbocycles. The van der Waals surface area contributed by atoms with E-state index in [1.807, 2.05) is 12.4 Å². The third kappa shape index (κ3) is 4.23. The lowest BCUT2D eigenvalue weighted by Crippen LogP contribution is -2.12. The fraction of sp³-hybridized carbons (Fsp3) is 0.278. The Balaban J connectivity index is 1.68. The number of methoxy groups -OCH3 is 2. The second-order valence-electron chi connectivity index (χ2n) is 5.72. The quantitative estimate of drug-likeness (QED) is 0.645. The molecular weight excluding hydrogens is 388 g/mol. The Morgan fingerprint density at radius 3 is 2.81 bits per heavy atom. The molecule has 0 saturated heterocycles. The van der Waals surface area contributed by atoms with Crippen molar-refractivity contribution >= 4 is 34.5 Å². The summed E-state index contributed by atoms with van der Waals surface area (Å²) >= 11 is 7.92. The molecule has 0 radical (unpaired) electrons. The van der Waals surface area contributed by atoms with Gasteiger partial charge in [0.15, 0.2) is 11.5 Å². The van der Waals surface area contributed by atoms with E-state index < -0.39 is 0 Å². The average Bonchev–Trinajstić information content (AvgIpc) is 3.28. The zero-order chi connectivity index (χ0) is 19.4. The van der Waals surface area contributed by atoms with E-state index >= 15 is 0 Å². The van der Waals surface area contributed by atoms with Crippen molar-refractivity contribution in [2.75, 3.05) is 19.5 Å². The number of anilines is 1. The topological polar surface area (TPSA) is 78.3 Å². The largest absolute Gasteiger partial charge is 0.493 e. The number of ether oxygens (including phenoxy) is 2. The van der Waals surface area contributed by atoms with Crippen LogP contribution in [0.4, 0.5) is 5.69 Å². The Labute approximate surface area is 165 Å². The van der Waals surface area contributed by atoms with Crippen LogP contribution in [0.5, 0.6) is 11.5 Å². The van der Waals surface area contributed by atoms with Gasteiger partial charge in [-0.05, 0) is 19.1 Å². The highest BCUT2D eigenvalue weighted by Gasteiger charge is 2.18. The van der Waals surface area contributed by atoms with Crippen LogP contribution in [0.25, 0.3) is 0 Å². The van der Waals surface area contributed by atoms with Gasteiger partial charge >= 0.3 is 0 Å². The van der Waals surface area contributed by atoms with Crippen LogP contribution >= 0.6 is 22.9 Å². The van der Waals surface area contributed by atoms with Crippen molar-refractivity contribution in [3.05, 3.63) is 51.2 Å². The van der Waals surface area contributed by atoms with Gasteiger partial charge in [0, 0.05) is 24.0 Å². The predicted octanol–water partition coefficient (Wildman–Crippen LogP) is 3.81. The molecule has 0 unspecified atom stereocenters. The second kappa shape index (κ2) is 8.41. The SMILES string of the molecule is COc1ccc(C(=O)Nc2cnn(CCc3scnc3C)c2)c(Cl)c1OC. The summed E-state index contributed by atoms with van der Waals surface area (Å²) in [4.78, 5) is 18.0. The Bertz CT molecular complexity index is 954. The van der Waals surface area contributed by atoms with Crippen LogP contribution in [0, 0.1) is 6.92 Å². The molecule has 0 bridgehead atoms. The molecule has 2 heterocycles. The number of benzene rings is 1. The van der Waals surface area contributed by atoms with Crippen LogP contribution < -0.4 is 14.8 Å². The summed E-state index contributed by atoms with van der Waals surface area (Å²) in [5.41, 5.74) is 3.77. The van der Waals surface area contributed by atoms with Crippen molar-refractivity contribution in [2.45, 2.75) is 19.9 Å². The van der Waals surface area contributed by atoms with E-state index in [1.54, 1.807) is 40.5 Å². The average molecular weight is 407 g/mol. The second-order valence-corrected chi connectivity index (χ2v) is 7.04. The Hall–Kier alpha value is -2.58. The lowest BCUT2D eigenvalue weighted by molar-refractivity contribution is 0.102. The molecular formula is C18H19ClN4O3S. The lowest BCUT2D eigenvalue weighted by atomic mass is 10.2. The molecule has 9 heteroatoms. The van der Waals surface area contributed by atoms with Gasteiger partial charge in [-0.2, -0.15) is 5.10 Å². The number of aromatic nitrogens is 3. The van der Waals surface area contributed by atoms with E-state index in [2.05, 4.69) is 15.4 Å². The smallest absolute Gasteiger partial charge is 0.257 e. The first-order chi connectivity index (χ1) is 13.0. The van der Waals surface area contributed by atoms with Gasteiger partial charge in [0.05, 0.1) is 47.9 Å². The standard InChI is InChI=1S/C18H19ClN4O3S/c1-11-15(27-10-20-11)6-7-23-9-12(8-21-23)22-18(24)13-4-5-14(25-2)17(26-3)16(13)19/h4-5,8-10H,6-7H2,1-3H3,(H,22,24). The zero-order valence-corrected chi connectivity index (χ0v) is 16.7. The fourth-order valence-corrected chi connectivity index (χ4v) is 3.69. The number of carbonyl (C=O) groups is 1.